The van der Waals surface area contributed by atoms with E-state index >= 15 is 0 Å². The lowest BCUT2D eigenvalue weighted by atomic mass is 10.1. The third kappa shape index (κ3) is 15.7. The van der Waals surface area contributed by atoms with Gasteiger partial charge in [0.25, 0.3) is 0 Å². The maximum atomic E-state index is 3.72. The summed E-state index contributed by atoms with van der Waals surface area (Å²) in [5, 5.41) is 22.3. The summed E-state index contributed by atoms with van der Waals surface area (Å²) in [5.41, 5.74) is 8.51. The minimum Gasteiger partial charge on any atom is -0.315 e. The Hall–Kier alpha value is -2.66. The fourth-order valence-electron chi connectivity index (χ4n) is 6.86. The molecule has 0 atom stereocenters. The van der Waals surface area contributed by atoms with Gasteiger partial charge in [-0.25, -0.2) is 0 Å². The Morgan fingerprint density at radius 1 is 0.240 bits per heavy atom. The molecule has 50 heavy (non-hydrogen) atoms. The summed E-state index contributed by atoms with van der Waals surface area (Å²) in [6, 6.07) is 27.9. The zero-order valence-electron chi connectivity index (χ0n) is 30.8. The molecule has 0 saturated carbocycles. The van der Waals surface area contributed by atoms with Gasteiger partial charge >= 0.3 is 0 Å². The van der Waals surface area contributed by atoms with Crippen LogP contribution in [0.1, 0.15) is 33.4 Å². The number of nitrogens with zero attached hydrogens (tertiary/aromatic N) is 2. The highest BCUT2D eigenvalue weighted by Gasteiger charge is 2.08. The Kier molecular flexibility index (Phi) is 18.3. The number of nitrogens with one attached hydrogen (secondary N) is 6. The summed E-state index contributed by atoms with van der Waals surface area (Å²) in [4.78, 5) is 5.22. The standard InChI is InChI=1S/C42H66N8/c1-2-38-4-3-37(1)13-19-43-25-31-49-33-27-45-21-15-39-5-9-41(10-6-39)17-23-47-29-35-50(32-26-44-20-14-38)36-30-48-24-18-42-11-7-40(8-12-42)16-22-46-28-34-49/h1-12,43-48H,13-36H2. The maximum absolute atomic E-state index is 3.72. The van der Waals surface area contributed by atoms with E-state index in [0.29, 0.717) is 0 Å². The van der Waals surface area contributed by atoms with Crippen LogP contribution in [0.3, 0.4) is 0 Å². The third-order valence-corrected chi connectivity index (χ3v) is 10.2. The van der Waals surface area contributed by atoms with Crippen LogP contribution >= 0.6 is 0 Å². The summed E-state index contributed by atoms with van der Waals surface area (Å²) in [6.45, 7) is 18.6. The zero-order valence-corrected chi connectivity index (χ0v) is 30.8. The maximum Gasteiger partial charge on any atom is 0.0108 e. The van der Waals surface area contributed by atoms with Gasteiger partial charge in [0.2, 0.25) is 0 Å². The van der Waals surface area contributed by atoms with Gasteiger partial charge in [-0.05, 0) is 111 Å². The average molecular weight is 683 g/mol. The van der Waals surface area contributed by atoms with Gasteiger partial charge in [0.15, 0.2) is 0 Å². The second kappa shape index (κ2) is 23.7. The first kappa shape index (κ1) is 38.6. The Balaban J connectivity index is 1.22. The van der Waals surface area contributed by atoms with E-state index in [1.807, 2.05) is 0 Å². The van der Waals surface area contributed by atoms with Crippen LogP contribution in [0.4, 0.5) is 0 Å². The molecule has 8 bridgehead atoms. The van der Waals surface area contributed by atoms with Crippen molar-refractivity contribution in [1.82, 2.24) is 41.7 Å². The molecular weight excluding hydrogens is 617 g/mol. The summed E-state index contributed by atoms with van der Waals surface area (Å²) < 4.78 is 0. The normalized spacial score (nSPS) is 22.8. The Bertz CT molecular complexity index is 1020. The summed E-state index contributed by atoms with van der Waals surface area (Å²) in [6.07, 6.45) is 6.44. The van der Waals surface area contributed by atoms with Crippen molar-refractivity contribution in [2.75, 3.05) is 118 Å². The van der Waals surface area contributed by atoms with E-state index in [0.717, 1.165) is 156 Å². The first-order valence-electron chi connectivity index (χ1n) is 19.7. The van der Waals surface area contributed by atoms with E-state index in [9.17, 15) is 0 Å². The van der Waals surface area contributed by atoms with Crippen LogP contribution in [-0.4, -0.2) is 128 Å². The van der Waals surface area contributed by atoms with Crippen LogP contribution in [0.2, 0.25) is 0 Å². The smallest absolute Gasteiger partial charge is 0.0108 e. The second-order valence-corrected chi connectivity index (χ2v) is 14.1. The van der Waals surface area contributed by atoms with E-state index < -0.39 is 0 Å². The quantitative estimate of drug-likeness (QED) is 0.216. The van der Waals surface area contributed by atoms with Crippen molar-refractivity contribution in [2.45, 2.75) is 38.5 Å². The highest BCUT2D eigenvalue weighted by atomic mass is 15.2. The molecule has 0 spiro atoms. The fraction of sp³-hybridized carbons (Fsp3) is 0.571. The molecule has 8 nitrogen and oxygen atoms in total. The van der Waals surface area contributed by atoms with Gasteiger partial charge in [0.05, 0.1) is 0 Å². The van der Waals surface area contributed by atoms with E-state index in [4.69, 9.17) is 0 Å². The van der Waals surface area contributed by atoms with Gasteiger partial charge in [-0.1, -0.05) is 72.8 Å². The van der Waals surface area contributed by atoms with Crippen molar-refractivity contribution in [2.24, 2.45) is 0 Å². The summed E-state index contributed by atoms with van der Waals surface area (Å²) in [5.74, 6) is 0. The lowest BCUT2D eigenvalue weighted by molar-refractivity contribution is 0.272. The number of hydrogen-bond acceptors (Lipinski definition) is 8. The highest BCUT2D eigenvalue weighted by molar-refractivity contribution is 5.25. The van der Waals surface area contributed by atoms with E-state index in [1.165, 1.54) is 33.4 Å². The molecule has 0 aromatic heterocycles. The first-order chi connectivity index (χ1) is 24.8. The van der Waals surface area contributed by atoms with Crippen LogP contribution in [0.5, 0.6) is 0 Å². The van der Waals surface area contributed by atoms with Gasteiger partial charge in [-0.2, -0.15) is 0 Å². The molecule has 3 aromatic rings. The molecular formula is C42H66N8. The molecule has 12 aliphatic heterocycles. The average Bonchev–Trinajstić information content (AvgIpc) is 3.14. The van der Waals surface area contributed by atoms with E-state index in [2.05, 4.69) is 114 Å². The minimum absolute atomic E-state index is 1.02. The largest absolute Gasteiger partial charge is 0.315 e. The van der Waals surface area contributed by atoms with E-state index in [1.54, 1.807) is 0 Å². The monoisotopic (exact) mass is 683 g/mol. The molecule has 0 fully saturated rings. The number of benzene rings is 3. The molecule has 0 radical (unpaired) electrons. The van der Waals surface area contributed by atoms with Gasteiger partial charge in [0, 0.05) is 78.5 Å². The molecule has 8 heteroatoms. The van der Waals surface area contributed by atoms with Crippen LogP contribution in [-0.2, 0) is 38.5 Å². The molecule has 15 rings (SSSR count). The molecule has 6 N–H and O–H groups in total. The Morgan fingerprint density at radius 2 is 0.400 bits per heavy atom. The SMILES string of the molecule is c1cc2ccc1CCNCCN1CCNCCc3ccc(cc3)CCNCCN(CCNCC2)CCNCCc2ccc(cc2)CCNCC1. The van der Waals surface area contributed by atoms with Crippen molar-refractivity contribution >= 4 is 0 Å². The number of rotatable bonds is 0. The molecule has 0 unspecified atom stereocenters. The topological polar surface area (TPSA) is 78.7 Å². The van der Waals surface area contributed by atoms with Crippen LogP contribution in [0.25, 0.3) is 0 Å². The molecule has 274 valence electrons. The van der Waals surface area contributed by atoms with Crippen LogP contribution in [0, 0.1) is 0 Å². The predicted octanol–water partition coefficient (Wildman–Crippen LogP) is 2.51. The van der Waals surface area contributed by atoms with Crippen molar-refractivity contribution in [3.63, 3.8) is 0 Å². The molecule has 0 amide bonds. The molecule has 12 heterocycles. The van der Waals surface area contributed by atoms with Crippen molar-refractivity contribution in [3.05, 3.63) is 106 Å². The molecule has 3 aromatic carbocycles. The molecule has 0 saturated heterocycles. The van der Waals surface area contributed by atoms with Gasteiger partial charge < -0.3 is 31.9 Å². The molecule has 0 aliphatic carbocycles. The Morgan fingerprint density at radius 3 is 0.560 bits per heavy atom. The summed E-state index contributed by atoms with van der Waals surface area (Å²) >= 11 is 0. The zero-order chi connectivity index (χ0) is 34.3. The van der Waals surface area contributed by atoms with Crippen molar-refractivity contribution < 1.29 is 0 Å². The lowest BCUT2D eigenvalue weighted by Crippen LogP contribution is -2.41. The van der Waals surface area contributed by atoms with Gasteiger partial charge in [0.1, 0.15) is 0 Å². The first-order valence-corrected chi connectivity index (χ1v) is 19.7. The third-order valence-electron chi connectivity index (χ3n) is 10.2. The highest BCUT2D eigenvalue weighted by Crippen LogP contribution is 2.08. The second-order valence-electron chi connectivity index (χ2n) is 14.1. The fourth-order valence-corrected chi connectivity index (χ4v) is 6.86. The Labute approximate surface area is 303 Å². The predicted molar refractivity (Wildman–Crippen MR) is 212 cm³/mol. The van der Waals surface area contributed by atoms with Crippen LogP contribution < -0.4 is 31.9 Å². The van der Waals surface area contributed by atoms with Gasteiger partial charge in [-0.3, -0.25) is 9.80 Å². The van der Waals surface area contributed by atoms with Crippen molar-refractivity contribution in [1.29, 1.82) is 0 Å². The van der Waals surface area contributed by atoms with Crippen LogP contribution in [0.15, 0.2) is 72.8 Å². The van der Waals surface area contributed by atoms with Crippen molar-refractivity contribution in [3.8, 4) is 0 Å². The summed E-state index contributed by atoms with van der Waals surface area (Å²) in [7, 11) is 0. The van der Waals surface area contributed by atoms with Gasteiger partial charge in [-0.15, -0.1) is 0 Å². The number of hydrogen-bond donors (Lipinski definition) is 6. The molecule has 12 aliphatic rings. The lowest BCUT2D eigenvalue weighted by Gasteiger charge is -2.23. The minimum atomic E-state index is 1.02. The van der Waals surface area contributed by atoms with E-state index in [-0.39, 0.29) is 0 Å².